The van der Waals surface area contributed by atoms with E-state index in [1.807, 2.05) is 0 Å². The van der Waals surface area contributed by atoms with Crippen LogP contribution in [0.2, 0.25) is 24.7 Å². The van der Waals surface area contributed by atoms with E-state index >= 15 is 0 Å². The van der Waals surface area contributed by atoms with Crippen LogP contribution in [-0.4, -0.2) is 96.7 Å². The predicted molar refractivity (Wildman–Crippen MR) is 114 cm³/mol. The van der Waals surface area contributed by atoms with Crippen molar-refractivity contribution in [2.24, 2.45) is 17.2 Å². The van der Waals surface area contributed by atoms with E-state index < -0.39 is 35.2 Å². The van der Waals surface area contributed by atoms with Gasteiger partial charge in [-0.15, -0.1) is 0 Å². The van der Waals surface area contributed by atoms with E-state index in [1.165, 1.54) is 0 Å². The Balaban J connectivity index is 5.18. The fourth-order valence-electron chi connectivity index (χ4n) is 2.43. The molecule has 17 heteroatoms. The zero-order valence-electron chi connectivity index (χ0n) is 16.9. The topological polar surface area (TPSA) is 239 Å². The zero-order chi connectivity index (χ0) is 22.6. The first-order chi connectivity index (χ1) is 13.3. The highest BCUT2D eigenvalue weighted by molar-refractivity contribution is 6.81. The second-order valence-corrected chi connectivity index (χ2v) is 17.0. The van der Waals surface area contributed by atoms with Gasteiger partial charge in [0, 0.05) is 37.8 Å². The zero-order valence-corrected chi connectivity index (χ0v) is 20.9. The van der Waals surface area contributed by atoms with Crippen LogP contribution < -0.4 is 22.5 Å². The Morgan fingerprint density at radius 1 is 0.655 bits per heavy atom. The Labute approximate surface area is 175 Å². The molecule has 0 aliphatic carbocycles. The van der Waals surface area contributed by atoms with Gasteiger partial charge in [0.2, 0.25) is 0 Å². The third kappa shape index (κ3) is 14.9. The van der Waals surface area contributed by atoms with Gasteiger partial charge in [-0.2, -0.15) is 0 Å². The molecule has 0 radical (unpaired) electrons. The van der Waals surface area contributed by atoms with Crippen LogP contribution in [-0.2, 0) is 12.3 Å². The summed E-state index contributed by atoms with van der Waals surface area (Å²) in [6, 6.07) is -0.438. The van der Waals surface area contributed by atoms with Crippen molar-refractivity contribution >= 4 is 35.2 Å². The highest BCUT2D eigenvalue weighted by Gasteiger charge is 2.54. The maximum Gasteiger partial charge on any atom is 0.488 e. The fourth-order valence-corrected chi connectivity index (χ4v) is 13.9. The molecule has 0 fully saturated rings. The Kier molecular flexibility index (Phi) is 13.9. The standard InChI is InChI=1S/C12H38N4O9Si4/c1-26(17,23-27(18,19)10-2-5-13)24-29(22,12-4-8-16-9-7-15)25-28(20,21)11-3-6-14/h16-22H,2-15H2,1H3. The van der Waals surface area contributed by atoms with E-state index in [-0.39, 0.29) is 44.1 Å². The van der Waals surface area contributed by atoms with Gasteiger partial charge in [0.25, 0.3) is 0 Å². The van der Waals surface area contributed by atoms with Gasteiger partial charge in [-0.05, 0) is 38.9 Å². The number of hydrogen-bond donors (Lipinski definition) is 10. The SMILES string of the molecule is C[Si](O)(O[Si](O)(O)CCCN)O[Si](O)(CCCNCCN)O[Si](O)(O)CCCN. The van der Waals surface area contributed by atoms with Crippen molar-refractivity contribution in [2.75, 3.05) is 32.7 Å². The molecule has 0 saturated heterocycles. The van der Waals surface area contributed by atoms with Gasteiger partial charge < -0.3 is 63.6 Å². The van der Waals surface area contributed by atoms with Crippen LogP contribution in [0, 0.1) is 0 Å². The van der Waals surface area contributed by atoms with Crippen molar-refractivity contribution in [3.05, 3.63) is 0 Å². The maximum absolute atomic E-state index is 10.9. The molecule has 0 rings (SSSR count). The van der Waals surface area contributed by atoms with Crippen LogP contribution in [0.4, 0.5) is 0 Å². The minimum absolute atomic E-state index is 0.121. The summed E-state index contributed by atoms with van der Waals surface area (Å²) in [5.41, 5.74) is 16.1. The summed E-state index contributed by atoms with van der Waals surface area (Å²) in [7, 11) is -17.2. The normalized spacial score (nSPS) is 17.2. The molecular weight excluding hydrogens is 456 g/mol. The first-order valence-corrected chi connectivity index (χ1v) is 17.8. The van der Waals surface area contributed by atoms with Crippen molar-refractivity contribution in [1.29, 1.82) is 0 Å². The van der Waals surface area contributed by atoms with E-state index in [4.69, 9.17) is 29.5 Å². The Morgan fingerprint density at radius 3 is 1.66 bits per heavy atom. The molecule has 0 bridgehead atoms. The molecular formula is C12H38N4O9Si4. The summed E-state index contributed by atoms with van der Waals surface area (Å²) in [4.78, 5) is 61.6. The summed E-state index contributed by atoms with van der Waals surface area (Å²) >= 11 is 0. The molecule has 13 nitrogen and oxygen atoms in total. The third-order valence-corrected chi connectivity index (χ3v) is 14.8. The molecule has 0 heterocycles. The molecule has 0 aliphatic heterocycles. The largest absolute Gasteiger partial charge is 0.488 e. The molecule has 2 unspecified atom stereocenters. The summed E-state index contributed by atoms with van der Waals surface area (Å²) in [6.45, 7) is 2.91. The minimum Gasteiger partial charge on any atom is -0.391 e. The molecule has 0 aromatic heterocycles. The van der Waals surface area contributed by atoms with Crippen molar-refractivity contribution in [3.8, 4) is 0 Å². The fraction of sp³-hybridized carbons (Fsp3) is 1.00. The van der Waals surface area contributed by atoms with E-state index in [0.29, 0.717) is 26.1 Å². The summed E-state index contributed by atoms with van der Waals surface area (Å²) in [5, 5.41) is 3.01. The van der Waals surface area contributed by atoms with Gasteiger partial charge in [0.1, 0.15) is 0 Å². The van der Waals surface area contributed by atoms with Gasteiger partial charge in [-0.3, -0.25) is 0 Å². The average molecular weight is 495 g/mol. The van der Waals surface area contributed by atoms with E-state index in [1.54, 1.807) is 0 Å². The van der Waals surface area contributed by atoms with Crippen molar-refractivity contribution in [1.82, 2.24) is 5.32 Å². The van der Waals surface area contributed by atoms with Gasteiger partial charge >= 0.3 is 35.2 Å². The lowest BCUT2D eigenvalue weighted by Crippen LogP contribution is -2.63. The van der Waals surface area contributed by atoms with Crippen LogP contribution in [0.5, 0.6) is 0 Å². The Hall–Kier alpha value is 0.348. The van der Waals surface area contributed by atoms with Crippen LogP contribution in [0.3, 0.4) is 0 Å². The Bertz CT molecular complexity index is 454. The summed E-state index contributed by atoms with van der Waals surface area (Å²) < 4.78 is 15.6. The van der Waals surface area contributed by atoms with Crippen molar-refractivity contribution in [3.63, 3.8) is 0 Å². The lowest BCUT2D eigenvalue weighted by atomic mass is 10.5. The van der Waals surface area contributed by atoms with E-state index in [0.717, 1.165) is 6.55 Å². The first kappa shape index (κ1) is 29.3. The quantitative estimate of drug-likeness (QED) is 0.0646. The van der Waals surface area contributed by atoms with Crippen LogP contribution in [0.15, 0.2) is 0 Å². The lowest BCUT2D eigenvalue weighted by molar-refractivity contribution is 0.110. The van der Waals surface area contributed by atoms with Crippen LogP contribution in [0.1, 0.15) is 19.3 Å². The van der Waals surface area contributed by atoms with Crippen molar-refractivity contribution in [2.45, 2.75) is 43.9 Å². The number of nitrogens with two attached hydrogens (primary N) is 3. The molecule has 13 N–H and O–H groups in total. The van der Waals surface area contributed by atoms with E-state index in [2.05, 4.69) is 5.32 Å². The van der Waals surface area contributed by atoms with Gasteiger partial charge in [-0.1, -0.05) is 0 Å². The molecule has 0 aliphatic rings. The number of nitrogens with one attached hydrogen (secondary N) is 1. The second kappa shape index (κ2) is 13.7. The highest BCUT2D eigenvalue weighted by atomic mass is 28.5. The maximum atomic E-state index is 10.9. The molecule has 0 saturated carbocycles. The smallest absolute Gasteiger partial charge is 0.391 e. The second-order valence-electron chi connectivity index (χ2n) is 6.83. The number of rotatable bonds is 18. The predicted octanol–water partition coefficient (Wildman–Crippen LogP) is -3.99. The first-order valence-electron chi connectivity index (χ1n) is 9.56. The summed E-state index contributed by atoms with van der Waals surface area (Å²) in [6.07, 6.45) is 0.841. The third-order valence-electron chi connectivity index (χ3n) is 3.61. The molecule has 0 aromatic rings. The molecule has 176 valence electrons. The highest BCUT2D eigenvalue weighted by Crippen LogP contribution is 2.25. The van der Waals surface area contributed by atoms with Crippen LogP contribution in [0.25, 0.3) is 0 Å². The molecule has 0 aromatic carbocycles. The van der Waals surface area contributed by atoms with Crippen molar-refractivity contribution < 1.29 is 41.1 Å². The van der Waals surface area contributed by atoms with Crippen LogP contribution >= 0.6 is 0 Å². The lowest BCUT2D eigenvalue weighted by Gasteiger charge is -2.36. The minimum atomic E-state index is -4.35. The monoisotopic (exact) mass is 494 g/mol. The average Bonchev–Trinajstić information content (AvgIpc) is 2.56. The molecule has 2 atom stereocenters. The van der Waals surface area contributed by atoms with Gasteiger partial charge in [0.05, 0.1) is 0 Å². The molecule has 0 amide bonds. The summed E-state index contributed by atoms with van der Waals surface area (Å²) in [5.74, 6) is 0. The van der Waals surface area contributed by atoms with Gasteiger partial charge in [0.15, 0.2) is 0 Å². The number of hydrogen-bond acceptors (Lipinski definition) is 13. The van der Waals surface area contributed by atoms with E-state index in [9.17, 15) is 28.8 Å². The molecule has 29 heavy (non-hydrogen) atoms. The molecule has 0 spiro atoms. The van der Waals surface area contributed by atoms with Gasteiger partial charge in [-0.25, -0.2) is 0 Å². The Morgan fingerprint density at radius 2 is 1.17 bits per heavy atom.